The lowest BCUT2D eigenvalue weighted by molar-refractivity contribution is -0.114. The fourth-order valence-corrected chi connectivity index (χ4v) is 3.45. The van der Waals surface area contributed by atoms with E-state index in [1.807, 2.05) is 41.8 Å². The van der Waals surface area contributed by atoms with Crippen LogP contribution in [0.3, 0.4) is 0 Å². The zero-order chi connectivity index (χ0) is 16.5. The van der Waals surface area contributed by atoms with Crippen molar-refractivity contribution in [1.29, 1.82) is 0 Å². The van der Waals surface area contributed by atoms with E-state index in [1.54, 1.807) is 11.3 Å². The van der Waals surface area contributed by atoms with Crippen LogP contribution in [0.4, 0.5) is 5.69 Å². The standard InChI is InChI=1S/C19H15N3OS/c1-12(23)20-15-8-6-13(7-9-15)18-11-24-19(22-18)17-10-14-4-2-3-5-16(14)21-17/h2-11,21H,1H3,(H,20,23). The highest BCUT2D eigenvalue weighted by molar-refractivity contribution is 7.13. The maximum atomic E-state index is 11.1. The number of carbonyl (C=O) groups excluding carboxylic acids is 1. The molecule has 2 aromatic carbocycles. The number of hydrogen-bond donors (Lipinski definition) is 2. The lowest BCUT2D eigenvalue weighted by atomic mass is 10.1. The normalized spacial score (nSPS) is 10.9. The maximum absolute atomic E-state index is 11.1. The zero-order valence-electron chi connectivity index (χ0n) is 13.0. The van der Waals surface area contributed by atoms with E-state index in [9.17, 15) is 4.79 Å². The van der Waals surface area contributed by atoms with Gasteiger partial charge in [0.1, 0.15) is 5.01 Å². The topological polar surface area (TPSA) is 57.8 Å². The Kier molecular flexibility index (Phi) is 3.63. The summed E-state index contributed by atoms with van der Waals surface area (Å²) in [5.74, 6) is -0.0718. The summed E-state index contributed by atoms with van der Waals surface area (Å²) in [7, 11) is 0. The van der Waals surface area contributed by atoms with Crippen molar-refractivity contribution in [2.75, 3.05) is 5.32 Å². The van der Waals surface area contributed by atoms with Crippen LogP contribution >= 0.6 is 11.3 Å². The van der Waals surface area contributed by atoms with Crippen LogP contribution in [0.1, 0.15) is 6.92 Å². The van der Waals surface area contributed by atoms with E-state index >= 15 is 0 Å². The van der Waals surface area contributed by atoms with Crippen molar-refractivity contribution in [3.05, 3.63) is 60.0 Å². The second-order valence-electron chi connectivity index (χ2n) is 5.57. The van der Waals surface area contributed by atoms with Gasteiger partial charge in [0.2, 0.25) is 5.91 Å². The van der Waals surface area contributed by atoms with Gasteiger partial charge in [-0.3, -0.25) is 4.79 Å². The molecule has 0 aliphatic heterocycles. The van der Waals surface area contributed by atoms with E-state index in [-0.39, 0.29) is 5.91 Å². The molecular formula is C19H15N3OS. The van der Waals surface area contributed by atoms with Crippen LogP contribution in [0.15, 0.2) is 60.0 Å². The third-order valence-corrected chi connectivity index (χ3v) is 4.64. The molecule has 118 valence electrons. The number of nitrogens with one attached hydrogen (secondary N) is 2. The van der Waals surface area contributed by atoms with Gasteiger partial charge in [0.25, 0.3) is 0 Å². The van der Waals surface area contributed by atoms with Gasteiger partial charge in [-0.25, -0.2) is 4.98 Å². The van der Waals surface area contributed by atoms with Crippen molar-refractivity contribution in [2.45, 2.75) is 6.92 Å². The Balaban J connectivity index is 1.63. The maximum Gasteiger partial charge on any atom is 0.221 e. The van der Waals surface area contributed by atoms with Gasteiger partial charge in [-0.1, -0.05) is 30.3 Å². The van der Waals surface area contributed by atoms with Gasteiger partial charge in [-0.15, -0.1) is 11.3 Å². The number of thiazole rings is 1. The van der Waals surface area contributed by atoms with Crippen LogP contribution in [-0.4, -0.2) is 15.9 Å². The SMILES string of the molecule is CC(=O)Nc1ccc(-c2csc(-c3cc4ccccc4[nH]3)n2)cc1. The molecule has 0 radical (unpaired) electrons. The van der Waals surface area contributed by atoms with Gasteiger partial charge < -0.3 is 10.3 Å². The van der Waals surface area contributed by atoms with Crippen molar-refractivity contribution in [3.63, 3.8) is 0 Å². The van der Waals surface area contributed by atoms with Crippen LogP contribution in [0.2, 0.25) is 0 Å². The number of carbonyl (C=O) groups is 1. The highest BCUT2D eigenvalue weighted by Gasteiger charge is 2.09. The summed E-state index contributed by atoms with van der Waals surface area (Å²) in [6, 6.07) is 18.0. The predicted molar refractivity (Wildman–Crippen MR) is 99.1 cm³/mol. The minimum Gasteiger partial charge on any atom is -0.353 e. The fraction of sp³-hybridized carbons (Fsp3) is 0.0526. The third kappa shape index (κ3) is 2.81. The second-order valence-corrected chi connectivity index (χ2v) is 6.42. The Morgan fingerprint density at radius 2 is 1.92 bits per heavy atom. The van der Waals surface area contributed by atoms with Crippen LogP contribution in [0.25, 0.3) is 32.9 Å². The lowest BCUT2D eigenvalue weighted by Crippen LogP contribution is -2.05. The number of rotatable bonds is 3. The van der Waals surface area contributed by atoms with Crippen LogP contribution in [0, 0.1) is 0 Å². The number of hydrogen-bond acceptors (Lipinski definition) is 3. The largest absolute Gasteiger partial charge is 0.353 e. The van der Waals surface area contributed by atoms with E-state index in [0.29, 0.717) is 0 Å². The number of nitrogens with zero attached hydrogens (tertiary/aromatic N) is 1. The summed E-state index contributed by atoms with van der Waals surface area (Å²) in [5, 5.41) is 6.97. The summed E-state index contributed by atoms with van der Waals surface area (Å²) in [5.41, 5.74) is 4.90. The Bertz CT molecular complexity index is 981. The molecule has 24 heavy (non-hydrogen) atoms. The number of aromatic nitrogens is 2. The van der Waals surface area contributed by atoms with Gasteiger partial charge >= 0.3 is 0 Å². The summed E-state index contributed by atoms with van der Waals surface area (Å²) in [6.07, 6.45) is 0. The molecule has 2 aromatic heterocycles. The quantitative estimate of drug-likeness (QED) is 0.559. The van der Waals surface area contributed by atoms with Gasteiger partial charge in [0.15, 0.2) is 0 Å². The first-order valence-corrected chi connectivity index (χ1v) is 8.49. The van der Waals surface area contributed by atoms with E-state index in [4.69, 9.17) is 4.98 Å². The Hall–Kier alpha value is -2.92. The molecule has 4 nitrogen and oxygen atoms in total. The molecule has 1 amide bonds. The average Bonchev–Trinajstić information content (AvgIpc) is 3.21. The van der Waals surface area contributed by atoms with Crippen LogP contribution in [0.5, 0.6) is 0 Å². The molecule has 0 spiro atoms. The van der Waals surface area contributed by atoms with E-state index < -0.39 is 0 Å². The van der Waals surface area contributed by atoms with Crippen LogP contribution < -0.4 is 5.32 Å². The summed E-state index contributed by atoms with van der Waals surface area (Å²) in [6.45, 7) is 1.50. The molecule has 2 N–H and O–H groups in total. The molecular weight excluding hydrogens is 318 g/mol. The van der Waals surface area contributed by atoms with Gasteiger partial charge in [0.05, 0.1) is 11.4 Å². The number of anilines is 1. The molecule has 0 unspecified atom stereocenters. The Labute approximate surface area is 143 Å². The fourth-order valence-electron chi connectivity index (χ4n) is 2.65. The van der Waals surface area contributed by atoms with Crippen LogP contribution in [-0.2, 0) is 4.79 Å². The van der Waals surface area contributed by atoms with Crippen molar-refractivity contribution in [3.8, 4) is 22.0 Å². The first-order chi connectivity index (χ1) is 11.7. The molecule has 0 saturated carbocycles. The van der Waals surface area contributed by atoms with Crippen molar-refractivity contribution in [2.24, 2.45) is 0 Å². The highest BCUT2D eigenvalue weighted by atomic mass is 32.1. The minimum absolute atomic E-state index is 0.0718. The Morgan fingerprint density at radius 3 is 2.67 bits per heavy atom. The monoisotopic (exact) mass is 333 g/mol. The third-order valence-electron chi connectivity index (χ3n) is 3.77. The number of benzene rings is 2. The molecule has 0 saturated heterocycles. The first-order valence-electron chi connectivity index (χ1n) is 7.61. The van der Waals surface area contributed by atoms with Crippen molar-refractivity contribution >= 4 is 33.8 Å². The average molecular weight is 333 g/mol. The predicted octanol–water partition coefficient (Wildman–Crippen LogP) is 4.92. The smallest absolute Gasteiger partial charge is 0.221 e. The number of amides is 1. The van der Waals surface area contributed by atoms with Gasteiger partial charge in [-0.2, -0.15) is 0 Å². The minimum atomic E-state index is -0.0718. The molecule has 0 aliphatic carbocycles. The lowest BCUT2D eigenvalue weighted by Gasteiger charge is -2.02. The molecule has 2 heterocycles. The Morgan fingerprint density at radius 1 is 1.12 bits per heavy atom. The molecule has 0 bridgehead atoms. The van der Waals surface area contributed by atoms with Crippen molar-refractivity contribution in [1.82, 2.24) is 9.97 Å². The molecule has 5 heteroatoms. The molecule has 0 fully saturated rings. The van der Waals surface area contributed by atoms with Gasteiger partial charge in [-0.05, 0) is 24.3 Å². The van der Waals surface area contributed by atoms with E-state index in [2.05, 4.69) is 28.5 Å². The highest BCUT2D eigenvalue weighted by Crippen LogP contribution is 2.30. The van der Waals surface area contributed by atoms with Gasteiger partial charge in [0, 0.05) is 34.5 Å². The molecule has 4 aromatic rings. The number of H-pyrrole nitrogens is 1. The second kappa shape index (κ2) is 5.94. The van der Waals surface area contributed by atoms with Crippen molar-refractivity contribution < 1.29 is 4.79 Å². The summed E-state index contributed by atoms with van der Waals surface area (Å²) < 4.78 is 0. The molecule has 0 atom stereocenters. The number of aromatic amines is 1. The molecule has 0 aliphatic rings. The number of para-hydroxylation sites is 1. The summed E-state index contributed by atoms with van der Waals surface area (Å²) in [4.78, 5) is 19.2. The number of fused-ring (bicyclic) bond motifs is 1. The zero-order valence-corrected chi connectivity index (χ0v) is 13.9. The van der Waals surface area contributed by atoms with E-state index in [1.165, 1.54) is 12.3 Å². The van der Waals surface area contributed by atoms with E-state index in [0.717, 1.165) is 33.2 Å². The summed E-state index contributed by atoms with van der Waals surface area (Å²) >= 11 is 1.62. The molecule has 4 rings (SSSR count). The first kappa shape index (κ1) is 14.7.